The van der Waals surface area contributed by atoms with Crippen LogP contribution in [0.2, 0.25) is 0 Å². The fourth-order valence-corrected chi connectivity index (χ4v) is 1.36. The first-order chi connectivity index (χ1) is 9.22. The second-order valence-corrected chi connectivity index (χ2v) is 3.88. The standard InChI is InChI=1S/C13H19N3O3/c14-7-6-12(17)15-8-9-16-13(18)19-10-11-4-2-1-3-5-11/h1-5H,6-10,14H2,(H,15,17)(H,16,18). The van der Waals surface area contributed by atoms with E-state index < -0.39 is 6.09 Å². The molecule has 0 aromatic heterocycles. The Balaban J connectivity index is 2.07. The van der Waals surface area contributed by atoms with Crippen LogP contribution in [0.25, 0.3) is 0 Å². The molecule has 4 N–H and O–H groups in total. The third kappa shape index (κ3) is 7.05. The second-order valence-electron chi connectivity index (χ2n) is 3.88. The van der Waals surface area contributed by atoms with Gasteiger partial charge in [-0.2, -0.15) is 0 Å². The second kappa shape index (κ2) is 8.93. The molecule has 0 saturated carbocycles. The smallest absolute Gasteiger partial charge is 0.407 e. The minimum Gasteiger partial charge on any atom is -0.445 e. The van der Waals surface area contributed by atoms with Crippen LogP contribution in [0.15, 0.2) is 30.3 Å². The zero-order valence-electron chi connectivity index (χ0n) is 10.7. The molecule has 0 aliphatic carbocycles. The molecule has 6 heteroatoms. The Bertz CT molecular complexity index is 395. The maximum absolute atomic E-state index is 11.3. The van der Waals surface area contributed by atoms with Crippen molar-refractivity contribution in [2.24, 2.45) is 5.73 Å². The number of nitrogens with one attached hydrogen (secondary N) is 2. The Kier molecular flexibility index (Phi) is 7.04. The van der Waals surface area contributed by atoms with E-state index in [1.807, 2.05) is 30.3 Å². The third-order valence-corrected chi connectivity index (χ3v) is 2.30. The topological polar surface area (TPSA) is 93.5 Å². The van der Waals surface area contributed by atoms with Crippen LogP contribution in [0.1, 0.15) is 12.0 Å². The summed E-state index contributed by atoms with van der Waals surface area (Å²) in [5.41, 5.74) is 6.15. The quantitative estimate of drug-likeness (QED) is 0.621. The molecule has 104 valence electrons. The van der Waals surface area contributed by atoms with Gasteiger partial charge in [-0.15, -0.1) is 0 Å². The summed E-state index contributed by atoms with van der Waals surface area (Å²) in [6, 6.07) is 9.40. The maximum atomic E-state index is 11.3. The molecule has 0 aliphatic rings. The normalized spacial score (nSPS) is 9.74. The maximum Gasteiger partial charge on any atom is 0.407 e. The summed E-state index contributed by atoms with van der Waals surface area (Å²) >= 11 is 0. The van der Waals surface area contributed by atoms with Crippen LogP contribution in [-0.4, -0.2) is 31.6 Å². The van der Waals surface area contributed by atoms with Crippen molar-refractivity contribution in [2.45, 2.75) is 13.0 Å². The van der Waals surface area contributed by atoms with Gasteiger partial charge in [0.1, 0.15) is 6.61 Å². The molecule has 1 rings (SSSR count). The Morgan fingerprint density at radius 2 is 1.79 bits per heavy atom. The number of hydrogen-bond acceptors (Lipinski definition) is 4. The monoisotopic (exact) mass is 265 g/mol. The summed E-state index contributed by atoms with van der Waals surface area (Å²) in [6.07, 6.45) is -0.213. The summed E-state index contributed by atoms with van der Waals surface area (Å²) in [5, 5.41) is 5.17. The molecule has 0 bridgehead atoms. The number of ether oxygens (including phenoxy) is 1. The molecule has 0 aliphatic heterocycles. The molecule has 0 radical (unpaired) electrons. The van der Waals surface area contributed by atoms with Crippen molar-refractivity contribution in [3.8, 4) is 0 Å². The van der Waals surface area contributed by atoms with Gasteiger partial charge in [0.25, 0.3) is 0 Å². The Labute approximate surface area is 112 Å². The average Bonchev–Trinajstić information content (AvgIpc) is 2.43. The van der Waals surface area contributed by atoms with Crippen molar-refractivity contribution < 1.29 is 14.3 Å². The predicted octanol–water partition coefficient (Wildman–Crippen LogP) is 0.378. The van der Waals surface area contributed by atoms with Crippen LogP contribution in [0.4, 0.5) is 4.79 Å². The highest BCUT2D eigenvalue weighted by atomic mass is 16.5. The largest absolute Gasteiger partial charge is 0.445 e. The molecule has 0 saturated heterocycles. The fraction of sp³-hybridized carbons (Fsp3) is 0.385. The zero-order valence-corrected chi connectivity index (χ0v) is 10.7. The first kappa shape index (κ1) is 15.0. The highest BCUT2D eigenvalue weighted by molar-refractivity contribution is 5.76. The van der Waals surface area contributed by atoms with Gasteiger partial charge in [0.2, 0.25) is 5.91 Å². The van der Waals surface area contributed by atoms with Gasteiger partial charge < -0.3 is 21.1 Å². The molecule has 0 spiro atoms. The summed E-state index contributed by atoms with van der Waals surface area (Å²) in [7, 11) is 0. The molecule has 0 heterocycles. The fourth-order valence-electron chi connectivity index (χ4n) is 1.36. The number of rotatable bonds is 7. The van der Waals surface area contributed by atoms with Crippen LogP contribution in [0.5, 0.6) is 0 Å². The van der Waals surface area contributed by atoms with Gasteiger partial charge in [0, 0.05) is 26.1 Å². The Morgan fingerprint density at radius 1 is 1.11 bits per heavy atom. The molecular formula is C13H19N3O3. The van der Waals surface area contributed by atoms with Crippen molar-refractivity contribution in [2.75, 3.05) is 19.6 Å². The predicted molar refractivity (Wildman–Crippen MR) is 71.3 cm³/mol. The summed E-state index contributed by atoms with van der Waals surface area (Å²) in [4.78, 5) is 22.4. The molecule has 1 aromatic carbocycles. The first-order valence-corrected chi connectivity index (χ1v) is 6.13. The lowest BCUT2D eigenvalue weighted by molar-refractivity contribution is -0.120. The average molecular weight is 265 g/mol. The van der Waals surface area contributed by atoms with E-state index in [2.05, 4.69) is 10.6 Å². The molecule has 0 fully saturated rings. The highest BCUT2D eigenvalue weighted by Crippen LogP contribution is 2.00. The van der Waals surface area contributed by atoms with Crippen molar-refractivity contribution in [3.63, 3.8) is 0 Å². The van der Waals surface area contributed by atoms with Crippen molar-refractivity contribution in [1.82, 2.24) is 10.6 Å². The van der Waals surface area contributed by atoms with E-state index in [4.69, 9.17) is 10.5 Å². The van der Waals surface area contributed by atoms with E-state index in [0.717, 1.165) is 5.56 Å². The molecule has 1 aromatic rings. The van der Waals surface area contributed by atoms with Gasteiger partial charge in [-0.05, 0) is 5.56 Å². The van der Waals surface area contributed by atoms with E-state index in [0.29, 0.717) is 26.1 Å². The highest BCUT2D eigenvalue weighted by Gasteiger charge is 2.02. The van der Waals surface area contributed by atoms with Gasteiger partial charge in [0.05, 0.1) is 0 Å². The van der Waals surface area contributed by atoms with Crippen LogP contribution >= 0.6 is 0 Å². The van der Waals surface area contributed by atoms with E-state index in [9.17, 15) is 9.59 Å². The van der Waals surface area contributed by atoms with Crippen LogP contribution in [0.3, 0.4) is 0 Å². The number of nitrogens with two attached hydrogens (primary N) is 1. The minimum atomic E-state index is -0.503. The van der Waals surface area contributed by atoms with Crippen molar-refractivity contribution in [3.05, 3.63) is 35.9 Å². The number of hydrogen-bond donors (Lipinski definition) is 3. The lowest BCUT2D eigenvalue weighted by Crippen LogP contribution is -2.35. The molecule has 0 unspecified atom stereocenters. The van der Waals surface area contributed by atoms with Crippen LogP contribution < -0.4 is 16.4 Å². The van der Waals surface area contributed by atoms with Gasteiger partial charge >= 0.3 is 6.09 Å². The van der Waals surface area contributed by atoms with E-state index in [1.165, 1.54) is 0 Å². The van der Waals surface area contributed by atoms with Crippen LogP contribution in [-0.2, 0) is 16.1 Å². The zero-order chi connectivity index (χ0) is 13.9. The number of carbonyl (C=O) groups excluding carboxylic acids is 2. The first-order valence-electron chi connectivity index (χ1n) is 6.13. The summed E-state index contributed by atoms with van der Waals surface area (Å²) in [5.74, 6) is -0.123. The number of alkyl carbamates (subject to hydrolysis) is 1. The molecule has 0 atom stereocenters. The molecule has 19 heavy (non-hydrogen) atoms. The lowest BCUT2D eigenvalue weighted by atomic mass is 10.2. The van der Waals surface area contributed by atoms with Gasteiger partial charge in [0.15, 0.2) is 0 Å². The molecular weight excluding hydrogens is 246 g/mol. The van der Waals surface area contributed by atoms with E-state index >= 15 is 0 Å². The van der Waals surface area contributed by atoms with Crippen molar-refractivity contribution in [1.29, 1.82) is 0 Å². The minimum absolute atomic E-state index is 0.123. The lowest BCUT2D eigenvalue weighted by Gasteiger charge is -2.07. The third-order valence-electron chi connectivity index (χ3n) is 2.30. The van der Waals surface area contributed by atoms with E-state index in [-0.39, 0.29) is 12.5 Å². The SMILES string of the molecule is NCCC(=O)NCCNC(=O)OCc1ccccc1. The number of benzene rings is 1. The Morgan fingerprint density at radius 3 is 2.47 bits per heavy atom. The van der Waals surface area contributed by atoms with Crippen LogP contribution in [0, 0.1) is 0 Å². The van der Waals surface area contributed by atoms with Crippen molar-refractivity contribution >= 4 is 12.0 Å². The summed E-state index contributed by atoms with van der Waals surface area (Å²) < 4.78 is 5.00. The number of carbonyl (C=O) groups is 2. The van der Waals surface area contributed by atoms with Gasteiger partial charge in [-0.3, -0.25) is 4.79 Å². The molecule has 2 amide bonds. The number of amides is 2. The molecule has 6 nitrogen and oxygen atoms in total. The van der Waals surface area contributed by atoms with Gasteiger partial charge in [-0.1, -0.05) is 30.3 Å². The van der Waals surface area contributed by atoms with Gasteiger partial charge in [-0.25, -0.2) is 4.79 Å². The summed E-state index contributed by atoms with van der Waals surface area (Å²) in [6.45, 7) is 1.23. The Hall–Kier alpha value is -2.08. The van der Waals surface area contributed by atoms with E-state index in [1.54, 1.807) is 0 Å².